The third-order valence-electron chi connectivity index (χ3n) is 1.16. The molecule has 0 saturated heterocycles. The minimum absolute atomic E-state index is 0.130. The van der Waals surface area contributed by atoms with E-state index in [4.69, 9.17) is 0 Å². The molecule has 0 amide bonds. The van der Waals surface area contributed by atoms with Gasteiger partial charge in [0.2, 0.25) is 0 Å². The van der Waals surface area contributed by atoms with E-state index in [1.165, 1.54) is 11.3 Å². The van der Waals surface area contributed by atoms with Crippen LogP contribution in [0.5, 0.6) is 0 Å². The van der Waals surface area contributed by atoms with E-state index in [0.29, 0.717) is 6.04 Å². The molecule has 0 atom stereocenters. The second-order valence-corrected chi connectivity index (χ2v) is 3.03. The molecule has 0 N–H and O–H groups in total. The number of rotatable bonds is 1. The summed E-state index contributed by atoms with van der Waals surface area (Å²) in [4.78, 5) is 11.0. The maximum absolute atomic E-state index is 10.8. The SMILES string of the molecule is CC(C)n1ccsc1=O. The molecule has 0 aliphatic heterocycles. The zero-order valence-electron chi connectivity index (χ0n) is 5.50. The average molecular weight is 143 g/mol. The number of nitrogens with zero attached hydrogens (tertiary/aromatic N) is 1. The standard InChI is InChI=1S/C6H9NOS/c1-5(2)7-3-4-9-6(7)8/h3-5H,1-2H3. The highest BCUT2D eigenvalue weighted by Crippen LogP contribution is 2.00. The first-order valence-corrected chi connectivity index (χ1v) is 3.75. The van der Waals surface area contributed by atoms with Crippen LogP contribution < -0.4 is 4.87 Å². The van der Waals surface area contributed by atoms with Crippen LogP contribution in [0.1, 0.15) is 19.9 Å². The second kappa shape index (κ2) is 2.35. The maximum atomic E-state index is 10.8. The molecule has 0 fully saturated rings. The van der Waals surface area contributed by atoms with Gasteiger partial charge in [0.15, 0.2) is 0 Å². The van der Waals surface area contributed by atoms with Gasteiger partial charge < -0.3 is 4.57 Å². The van der Waals surface area contributed by atoms with Crippen LogP contribution in [-0.4, -0.2) is 4.57 Å². The fourth-order valence-electron chi connectivity index (χ4n) is 0.659. The summed E-state index contributed by atoms with van der Waals surface area (Å²) in [5.41, 5.74) is 0. The molecule has 0 aromatic carbocycles. The van der Waals surface area contributed by atoms with Gasteiger partial charge in [0.05, 0.1) is 0 Å². The number of hydrogen-bond donors (Lipinski definition) is 0. The zero-order valence-corrected chi connectivity index (χ0v) is 6.31. The topological polar surface area (TPSA) is 22.0 Å². The Morgan fingerprint density at radius 3 is 2.56 bits per heavy atom. The predicted octanol–water partition coefficient (Wildman–Crippen LogP) is 1.49. The van der Waals surface area contributed by atoms with Gasteiger partial charge in [-0.15, -0.1) is 0 Å². The molecule has 0 aliphatic carbocycles. The quantitative estimate of drug-likeness (QED) is 0.583. The monoisotopic (exact) mass is 143 g/mol. The van der Waals surface area contributed by atoms with Crippen LogP contribution in [0.25, 0.3) is 0 Å². The number of hydrogen-bond acceptors (Lipinski definition) is 2. The van der Waals surface area contributed by atoms with Crippen molar-refractivity contribution in [1.82, 2.24) is 4.57 Å². The van der Waals surface area contributed by atoms with Gasteiger partial charge in [0.25, 0.3) is 0 Å². The van der Waals surface area contributed by atoms with Crippen LogP contribution in [0.15, 0.2) is 16.4 Å². The van der Waals surface area contributed by atoms with Crippen LogP contribution in [0.3, 0.4) is 0 Å². The molecule has 0 aliphatic rings. The van der Waals surface area contributed by atoms with Crippen molar-refractivity contribution in [3.8, 4) is 0 Å². The molecule has 1 aromatic rings. The molecule has 3 heteroatoms. The largest absolute Gasteiger partial charge is 0.307 e. The van der Waals surface area contributed by atoms with Crippen LogP contribution in [0, 0.1) is 0 Å². The smallest absolute Gasteiger partial charge is 0.303 e. The summed E-state index contributed by atoms with van der Waals surface area (Å²) in [6.45, 7) is 3.99. The van der Waals surface area contributed by atoms with Crippen LogP contribution in [0.4, 0.5) is 0 Å². The first-order valence-electron chi connectivity index (χ1n) is 2.87. The maximum Gasteiger partial charge on any atom is 0.307 e. The summed E-state index contributed by atoms with van der Waals surface area (Å²) in [5, 5.41) is 1.81. The van der Waals surface area contributed by atoms with Crippen molar-refractivity contribution in [3.05, 3.63) is 21.2 Å². The summed E-state index contributed by atoms with van der Waals surface area (Å²) in [6, 6.07) is 0.295. The molecule has 1 aromatic heterocycles. The molecule has 1 heterocycles. The molecule has 0 unspecified atom stereocenters. The van der Waals surface area contributed by atoms with E-state index in [1.54, 1.807) is 4.57 Å². The minimum Gasteiger partial charge on any atom is -0.303 e. The first-order chi connectivity index (χ1) is 4.22. The molecule has 1 rings (SSSR count). The lowest BCUT2D eigenvalue weighted by Gasteiger charge is -2.01. The molecular formula is C6H9NOS. The molecule has 50 valence electrons. The third-order valence-corrected chi connectivity index (χ3v) is 1.83. The van der Waals surface area contributed by atoms with Crippen molar-refractivity contribution in [2.75, 3.05) is 0 Å². The predicted molar refractivity (Wildman–Crippen MR) is 39.0 cm³/mol. The average Bonchev–Trinajstić information content (AvgIpc) is 2.13. The minimum atomic E-state index is 0.130. The normalized spacial score (nSPS) is 10.6. The van der Waals surface area contributed by atoms with Gasteiger partial charge >= 0.3 is 4.87 Å². The van der Waals surface area contributed by atoms with Crippen LogP contribution in [0.2, 0.25) is 0 Å². The molecule has 0 saturated carbocycles. The van der Waals surface area contributed by atoms with E-state index in [1.807, 2.05) is 25.4 Å². The third kappa shape index (κ3) is 1.21. The van der Waals surface area contributed by atoms with Crippen molar-refractivity contribution >= 4 is 11.3 Å². The van der Waals surface area contributed by atoms with Gasteiger partial charge in [-0.3, -0.25) is 4.79 Å². The van der Waals surface area contributed by atoms with E-state index in [0.717, 1.165) is 0 Å². The Labute approximate surface area is 57.8 Å². The molecule has 0 spiro atoms. The lowest BCUT2D eigenvalue weighted by molar-refractivity contribution is 0.591. The van der Waals surface area contributed by atoms with Crippen molar-refractivity contribution in [2.45, 2.75) is 19.9 Å². The van der Waals surface area contributed by atoms with Crippen LogP contribution >= 0.6 is 11.3 Å². The van der Waals surface area contributed by atoms with Gasteiger partial charge in [0.1, 0.15) is 0 Å². The lowest BCUT2D eigenvalue weighted by Crippen LogP contribution is -2.13. The van der Waals surface area contributed by atoms with Gasteiger partial charge in [-0.2, -0.15) is 0 Å². The Kier molecular flexibility index (Phi) is 1.71. The van der Waals surface area contributed by atoms with E-state index in [-0.39, 0.29) is 4.87 Å². The Morgan fingerprint density at radius 2 is 2.33 bits per heavy atom. The molecular weight excluding hydrogens is 134 g/mol. The first kappa shape index (κ1) is 6.55. The summed E-state index contributed by atoms with van der Waals surface area (Å²) in [5.74, 6) is 0. The van der Waals surface area contributed by atoms with Gasteiger partial charge in [-0.1, -0.05) is 11.3 Å². The Balaban J connectivity index is 3.08. The van der Waals surface area contributed by atoms with Gasteiger partial charge in [0, 0.05) is 17.6 Å². The highest BCUT2D eigenvalue weighted by atomic mass is 32.1. The highest BCUT2D eigenvalue weighted by Gasteiger charge is 1.98. The Bertz CT molecular complexity index is 235. The second-order valence-electron chi connectivity index (χ2n) is 2.17. The van der Waals surface area contributed by atoms with Crippen LogP contribution in [-0.2, 0) is 0 Å². The fraction of sp³-hybridized carbons (Fsp3) is 0.500. The molecule has 0 bridgehead atoms. The summed E-state index contributed by atoms with van der Waals surface area (Å²) < 4.78 is 1.71. The summed E-state index contributed by atoms with van der Waals surface area (Å²) in [7, 11) is 0. The zero-order chi connectivity index (χ0) is 6.85. The van der Waals surface area contributed by atoms with Crippen molar-refractivity contribution in [1.29, 1.82) is 0 Å². The van der Waals surface area contributed by atoms with Crippen molar-refractivity contribution in [3.63, 3.8) is 0 Å². The van der Waals surface area contributed by atoms with E-state index < -0.39 is 0 Å². The Hall–Kier alpha value is -0.570. The summed E-state index contributed by atoms with van der Waals surface area (Å²) in [6.07, 6.45) is 1.82. The van der Waals surface area contributed by atoms with Gasteiger partial charge in [-0.25, -0.2) is 0 Å². The lowest BCUT2D eigenvalue weighted by atomic mass is 10.4. The molecule has 9 heavy (non-hydrogen) atoms. The van der Waals surface area contributed by atoms with Crippen molar-refractivity contribution in [2.24, 2.45) is 0 Å². The fourth-order valence-corrected chi connectivity index (χ4v) is 1.36. The van der Waals surface area contributed by atoms with E-state index in [9.17, 15) is 4.79 Å². The molecule has 0 radical (unpaired) electrons. The number of thiazole rings is 1. The van der Waals surface area contributed by atoms with Crippen molar-refractivity contribution < 1.29 is 0 Å². The van der Waals surface area contributed by atoms with E-state index in [2.05, 4.69) is 0 Å². The highest BCUT2D eigenvalue weighted by molar-refractivity contribution is 7.07. The summed E-state index contributed by atoms with van der Waals surface area (Å²) >= 11 is 1.24. The Morgan fingerprint density at radius 1 is 1.67 bits per heavy atom. The molecule has 2 nitrogen and oxygen atoms in total. The number of aromatic nitrogens is 1. The van der Waals surface area contributed by atoms with E-state index >= 15 is 0 Å². The van der Waals surface area contributed by atoms with Gasteiger partial charge in [-0.05, 0) is 13.8 Å².